The Hall–Kier alpha value is -1.04. The number of carbonyl (C=O) groups excluding carboxylic acids is 1. The Morgan fingerprint density at radius 2 is 1.75 bits per heavy atom. The lowest BCUT2D eigenvalue weighted by Crippen LogP contribution is -2.55. The summed E-state index contributed by atoms with van der Waals surface area (Å²) < 4.78 is 16.8. The van der Waals surface area contributed by atoms with Gasteiger partial charge in [0, 0.05) is 12.4 Å². The molecule has 0 radical (unpaired) electrons. The summed E-state index contributed by atoms with van der Waals surface area (Å²) in [6, 6.07) is 4.29. The average molecular weight is 517 g/mol. The van der Waals surface area contributed by atoms with Crippen LogP contribution in [0.3, 0.4) is 0 Å². The molecule has 4 atom stereocenters. The van der Waals surface area contributed by atoms with Crippen LogP contribution in [0.1, 0.15) is 89.8 Å². The van der Waals surface area contributed by atoms with Crippen LogP contribution in [0.2, 0.25) is 0 Å². The average Bonchev–Trinajstić information content (AvgIpc) is 3.11. The van der Waals surface area contributed by atoms with Crippen LogP contribution in [0.4, 0.5) is 0 Å². The molecular formula is C31H48O4S. The fourth-order valence-corrected chi connectivity index (χ4v) is 8.99. The number of aryl methyl sites for hydroxylation is 1. The van der Waals surface area contributed by atoms with Crippen LogP contribution in [0.5, 0.6) is 5.75 Å². The van der Waals surface area contributed by atoms with Crippen LogP contribution < -0.4 is 4.74 Å². The molecule has 4 nitrogen and oxygen atoms in total. The highest BCUT2D eigenvalue weighted by Gasteiger charge is 2.61. The molecule has 1 aromatic carbocycles. The molecule has 0 amide bonds. The summed E-state index contributed by atoms with van der Waals surface area (Å²) in [7, 11) is 0. The van der Waals surface area contributed by atoms with Crippen molar-refractivity contribution in [3.05, 3.63) is 28.8 Å². The van der Waals surface area contributed by atoms with Crippen molar-refractivity contribution in [3.8, 4) is 5.75 Å². The zero-order valence-corrected chi connectivity index (χ0v) is 24.4. The van der Waals surface area contributed by atoms with Crippen molar-refractivity contribution in [1.29, 1.82) is 0 Å². The highest BCUT2D eigenvalue weighted by molar-refractivity contribution is 7.99. The van der Waals surface area contributed by atoms with Crippen molar-refractivity contribution in [1.82, 2.24) is 0 Å². The van der Waals surface area contributed by atoms with Crippen molar-refractivity contribution in [2.45, 2.75) is 91.9 Å². The minimum atomic E-state index is -0.173. The molecule has 0 heterocycles. The molecule has 36 heavy (non-hydrogen) atoms. The van der Waals surface area contributed by atoms with Crippen LogP contribution in [0, 0.1) is 29.6 Å². The fourth-order valence-electron chi connectivity index (χ4n) is 8.39. The van der Waals surface area contributed by atoms with Gasteiger partial charge in [0.25, 0.3) is 0 Å². The van der Waals surface area contributed by atoms with Gasteiger partial charge in [-0.15, -0.1) is 11.8 Å². The smallest absolute Gasteiger partial charge is 0.321 e. The molecule has 1 aromatic rings. The lowest BCUT2D eigenvalue weighted by atomic mass is 9.43. The first-order valence-electron chi connectivity index (χ1n) is 14.2. The molecule has 0 bridgehead atoms. The maximum Gasteiger partial charge on any atom is 0.321 e. The molecule has 0 unspecified atom stereocenters. The summed E-state index contributed by atoms with van der Waals surface area (Å²) in [5.41, 5.74) is 5.32. The second-order valence-corrected chi connectivity index (χ2v) is 13.7. The zero-order chi connectivity index (χ0) is 26.0. The predicted molar refractivity (Wildman–Crippen MR) is 149 cm³/mol. The van der Waals surface area contributed by atoms with Crippen LogP contribution in [0.25, 0.3) is 0 Å². The van der Waals surface area contributed by atoms with E-state index in [1.54, 1.807) is 17.3 Å². The molecule has 0 spiro atoms. The number of ether oxygens (including phenoxy) is 3. The highest BCUT2D eigenvalue weighted by atomic mass is 32.2. The molecule has 0 aromatic heterocycles. The molecule has 2 saturated carbocycles. The van der Waals surface area contributed by atoms with Gasteiger partial charge in [0.05, 0.1) is 25.6 Å². The monoisotopic (exact) mass is 516 g/mol. The van der Waals surface area contributed by atoms with Crippen LogP contribution >= 0.6 is 11.8 Å². The van der Waals surface area contributed by atoms with Crippen molar-refractivity contribution in [2.75, 3.05) is 37.9 Å². The topological polar surface area (TPSA) is 44.8 Å². The van der Waals surface area contributed by atoms with Gasteiger partial charge < -0.3 is 14.2 Å². The molecule has 2 fully saturated rings. The number of hydrogen-bond donors (Lipinski definition) is 0. The molecule has 3 aliphatic carbocycles. The first-order chi connectivity index (χ1) is 17.1. The standard InChI is InChI=1S/C31H48O4S/c1-7-13-33-14-15-34-16-17-36-21-27(32)35-24-18-22(2)28-23(19-24)20-26-30(5)11-8-10-29(3,4)25(30)9-12-31(26,28)6/h18-19,25-26H,7-17,20-21H2,1-6H3/t25-,26+,30-,31-/m0/s1. The van der Waals surface area contributed by atoms with E-state index in [0.29, 0.717) is 48.1 Å². The summed E-state index contributed by atoms with van der Waals surface area (Å²) in [5.74, 6) is 3.14. The third-order valence-electron chi connectivity index (χ3n) is 9.72. The van der Waals surface area contributed by atoms with Crippen molar-refractivity contribution >= 4 is 17.7 Å². The predicted octanol–water partition coefficient (Wildman–Crippen LogP) is 7.13. The maximum absolute atomic E-state index is 12.6. The molecule has 5 heteroatoms. The first kappa shape index (κ1) is 28.0. The van der Waals surface area contributed by atoms with Crippen LogP contribution in [0.15, 0.2) is 12.1 Å². The number of thioether (sulfide) groups is 1. The Labute approximate surface area is 223 Å². The van der Waals surface area contributed by atoms with E-state index >= 15 is 0 Å². The Morgan fingerprint density at radius 3 is 2.50 bits per heavy atom. The van der Waals surface area contributed by atoms with E-state index in [1.807, 2.05) is 0 Å². The van der Waals surface area contributed by atoms with Gasteiger partial charge in [0.2, 0.25) is 0 Å². The Morgan fingerprint density at radius 1 is 1.00 bits per heavy atom. The van der Waals surface area contributed by atoms with Crippen molar-refractivity contribution < 1.29 is 19.0 Å². The van der Waals surface area contributed by atoms with E-state index in [4.69, 9.17) is 14.2 Å². The van der Waals surface area contributed by atoms with Gasteiger partial charge in [0.1, 0.15) is 5.75 Å². The van der Waals surface area contributed by atoms with E-state index < -0.39 is 0 Å². The summed E-state index contributed by atoms with van der Waals surface area (Å²) in [5, 5.41) is 0. The number of hydrogen-bond acceptors (Lipinski definition) is 5. The number of rotatable bonds is 11. The van der Waals surface area contributed by atoms with E-state index in [-0.39, 0.29) is 11.4 Å². The van der Waals surface area contributed by atoms with Gasteiger partial charge in [-0.25, -0.2) is 0 Å². The molecule has 202 valence electrons. The fraction of sp³-hybridized carbons (Fsp3) is 0.774. The van der Waals surface area contributed by atoms with Crippen molar-refractivity contribution in [3.63, 3.8) is 0 Å². The molecular weight excluding hydrogens is 468 g/mol. The molecule has 4 rings (SSSR count). The summed E-state index contributed by atoms with van der Waals surface area (Å²) in [6.45, 7) is 17.1. The molecule has 0 saturated heterocycles. The lowest BCUT2D eigenvalue weighted by molar-refractivity contribution is -0.131. The molecule has 0 aliphatic heterocycles. The van der Waals surface area contributed by atoms with Gasteiger partial charge in [0.15, 0.2) is 0 Å². The lowest BCUT2D eigenvalue weighted by Gasteiger charge is -2.61. The second-order valence-electron chi connectivity index (χ2n) is 12.6. The summed E-state index contributed by atoms with van der Waals surface area (Å²) in [4.78, 5) is 12.6. The van der Waals surface area contributed by atoms with Gasteiger partial charge in [-0.2, -0.15) is 0 Å². The number of fused-ring (bicyclic) bond motifs is 5. The van der Waals surface area contributed by atoms with Gasteiger partial charge in [-0.1, -0.05) is 41.0 Å². The normalized spacial score (nSPS) is 30.4. The molecule has 0 N–H and O–H groups in total. The minimum absolute atomic E-state index is 0.173. The quantitative estimate of drug-likeness (QED) is 0.178. The van der Waals surface area contributed by atoms with Crippen LogP contribution in [-0.2, 0) is 26.1 Å². The van der Waals surface area contributed by atoms with E-state index in [0.717, 1.165) is 31.1 Å². The molecule has 3 aliphatic rings. The minimum Gasteiger partial charge on any atom is -0.426 e. The summed E-state index contributed by atoms with van der Waals surface area (Å²) >= 11 is 1.57. The van der Waals surface area contributed by atoms with Gasteiger partial charge in [-0.3, -0.25) is 4.79 Å². The van der Waals surface area contributed by atoms with Gasteiger partial charge in [-0.05, 0) is 102 Å². The van der Waals surface area contributed by atoms with Gasteiger partial charge >= 0.3 is 5.97 Å². The third kappa shape index (κ3) is 5.54. The largest absolute Gasteiger partial charge is 0.426 e. The maximum atomic E-state index is 12.6. The van der Waals surface area contributed by atoms with E-state index in [1.165, 1.54) is 43.2 Å². The Kier molecular flexibility index (Phi) is 8.84. The van der Waals surface area contributed by atoms with Crippen LogP contribution in [-0.4, -0.2) is 43.9 Å². The highest BCUT2D eigenvalue weighted by Crippen LogP contribution is 2.67. The van der Waals surface area contributed by atoms with Crippen molar-refractivity contribution in [2.24, 2.45) is 22.7 Å². The SMILES string of the molecule is CCCOCCOCCSCC(=O)Oc1cc(C)c2c(c1)C[C@@H]1[C@@]3(C)CCCC(C)(C)[C@@H]3CC[C@]21C. The Balaban J connectivity index is 1.35. The van der Waals surface area contributed by atoms with E-state index in [9.17, 15) is 4.79 Å². The second kappa shape index (κ2) is 11.4. The number of esters is 1. The Bertz CT molecular complexity index is 927. The van der Waals surface area contributed by atoms with E-state index in [2.05, 4.69) is 53.7 Å². The third-order valence-corrected chi connectivity index (χ3v) is 10.6. The summed E-state index contributed by atoms with van der Waals surface area (Å²) in [6.07, 6.45) is 8.81. The first-order valence-corrected chi connectivity index (χ1v) is 15.3. The number of carbonyl (C=O) groups is 1. The zero-order valence-electron chi connectivity index (χ0n) is 23.5. The number of benzene rings is 1.